The number of benzene rings is 1. The summed E-state index contributed by atoms with van der Waals surface area (Å²) in [5, 5.41) is 8.81. The third kappa shape index (κ3) is 5.63. The summed E-state index contributed by atoms with van der Waals surface area (Å²) in [5.41, 5.74) is 9.54. The average Bonchev–Trinajstić information content (AvgIpc) is 3.49. The summed E-state index contributed by atoms with van der Waals surface area (Å²) in [6.07, 6.45) is 5.68. The lowest BCUT2D eigenvalue weighted by molar-refractivity contribution is 0.863. The first kappa shape index (κ1) is 22.4. The number of aryl methyl sites for hydroxylation is 3. The van der Waals surface area contributed by atoms with E-state index in [-0.39, 0.29) is 6.04 Å². The molecule has 1 aliphatic rings. The van der Waals surface area contributed by atoms with Crippen LogP contribution in [0.1, 0.15) is 72.0 Å². The third-order valence-electron chi connectivity index (χ3n) is 5.47. The van der Waals surface area contributed by atoms with Gasteiger partial charge in [-0.2, -0.15) is 10.2 Å². The molecule has 0 spiro atoms. The molecular weight excluding hydrogens is 386 g/mol. The molecule has 1 heterocycles. The van der Waals surface area contributed by atoms with E-state index in [4.69, 9.17) is 4.99 Å². The number of thiophene rings is 1. The molecule has 0 radical (unpaired) electrons. The molecule has 1 atom stereocenters. The van der Waals surface area contributed by atoms with Gasteiger partial charge in [-0.1, -0.05) is 41.5 Å². The van der Waals surface area contributed by atoms with E-state index in [9.17, 15) is 0 Å². The van der Waals surface area contributed by atoms with Crippen molar-refractivity contribution in [2.45, 2.75) is 73.8 Å². The first-order valence-corrected chi connectivity index (χ1v) is 11.5. The number of hydrogen-bond donors (Lipinski definition) is 0. The highest BCUT2D eigenvalue weighted by Crippen LogP contribution is 2.31. The summed E-state index contributed by atoms with van der Waals surface area (Å²) in [4.78, 5) is 8.01. The summed E-state index contributed by atoms with van der Waals surface area (Å²) in [6.45, 7) is 14.7. The predicted molar refractivity (Wildman–Crippen MR) is 133 cm³/mol. The van der Waals surface area contributed by atoms with E-state index in [0.29, 0.717) is 0 Å². The molecule has 0 aliphatic heterocycles. The van der Waals surface area contributed by atoms with Crippen LogP contribution >= 0.6 is 11.3 Å². The minimum atomic E-state index is -0.0171. The topological polar surface area (TPSA) is 37.1 Å². The Kier molecular flexibility index (Phi) is 7.19. The van der Waals surface area contributed by atoms with Crippen LogP contribution in [0.15, 0.2) is 51.1 Å². The van der Waals surface area contributed by atoms with Crippen molar-refractivity contribution in [2.75, 3.05) is 0 Å². The van der Waals surface area contributed by atoms with Gasteiger partial charge in [0.05, 0.1) is 17.5 Å². The highest BCUT2D eigenvalue weighted by molar-refractivity contribution is 7.12. The van der Waals surface area contributed by atoms with Gasteiger partial charge in [-0.15, -0.1) is 11.3 Å². The first-order chi connectivity index (χ1) is 14.3. The fourth-order valence-electron chi connectivity index (χ4n) is 3.41. The molecule has 1 unspecified atom stereocenters. The quantitative estimate of drug-likeness (QED) is 0.259. The molecule has 0 N–H and O–H groups in total. The third-order valence-corrected chi connectivity index (χ3v) is 6.59. The van der Waals surface area contributed by atoms with E-state index >= 15 is 0 Å². The molecule has 0 amide bonds. The van der Waals surface area contributed by atoms with E-state index in [1.807, 2.05) is 25.2 Å². The highest BCUT2D eigenvalue weighted by atomic mass is 32.1. The molecule has 2 aromatic rings. The smallest absolute Gasteiger partial charge is 0.0938 e. The van der Waals surface area contributed by atoms with Gasteiger partial charge in [0.25, 0.3) is 0 Å². The van der Waals surface area contributed by atoms with Crippen LogP contribution in [0, 0.1) is 27.7 Å². The fraction of sp³-hybridized carbons (Fsp3) is 0.423. The lowest BCUT2D eigenvalue weighted by Gasteiger charge is -2.15. The highest BCUT2D eigenvalue weighted by Gasteiger charge is 2.21. The van der Waals surface area contributed by atoms with E-state index in [2.05, 4.69) is 75.2 Å². The molecule has 1 aromatic heterocycles. The maximum atomic E-state index is 5.34. The Labute approximate surface area is 185 Å². The largest absolute Gasteiger partial charge is 0.274 e. The van der Waals surface area contributed by atoms with Crippen molar-refractivity contribution in [3.63, 3.8) is 0 Å². The van der Waals surface area contributed by atoms with Gasteiger partial charge >= 0.3 is 0 Å². The van der Waals surface area contributed by atoms with Gasteiger partial charge in [0, 0.05) is 26.6 Å². The van der Waals surface area contributed by atoms with Gasteiger partial charge in [0.15, 0.2) is 0 Å². The number of allylic oxidation sites excluding steroid dienone is 1. The number of hydrogen-bond acceptors (Lipinski definition) is 4. The van der Waals surface area contributed by atoms with Crippen molar-refractivity contribution in [1.29, 1.82) is 0 Å². The Morgan fingerprint density at radius 2 is 1.63 bits per heavy atom. The average molecular weight is 420 g/mol. The molecule has 4 heteroatoms. The molecule has 0 bridgehead atoms. The van der Waals surface area contributed by atoms with E-state index in [1.54, 1.807) is 0 Å². The Bertz CT molecular complexity index is 1020. The molecule has 3 nitrogen and oxygen atoms in total. The van der Waals surface area contributed by atoms with Crippen LogP contribution < -0.4 is 0 Å². The maximum Gasteiger partial charge on any atom is 0.0938 e. The Hall–Kier alpha value is -2.33. The predicted octanol–water partition coefficient (Wildman–Crippen LogP) is 7.15. The molecule has 1 aliphatic carbocycles. The number of aliphatic imine (C=N–C) groups is 1. The van der Waals surface area contributed by atoms with Crippen LogP contribution in [0.3, 0.4) is 0 Å². The van der Waals surface area contributed by atoms with Gasteiger partial charge in [-0.3, -0.25) is 4.99 Å². The summed E-state index contributed by atoms with van der Waals surface area (Å²) in [5.74, 6) is 0. The van der Waals surface area contributed by atoms with E-state index in [0.717, 1.165) is 29.1 Å². The fourth-order valence-corrected chi connectivity index (χ4v) is 4.48. The van der Waals surface area contributed by atoms with Crippen molar-refractivity contribution in [3.8, 4) is 0 Å². The van der Waals surface area contributed by atoms with Crippen molar-refractivity contribution in [1.82, 2.24) is 0 Å². The molecule has 3 rings (SSSR count). The van der Waals surface area contributed by atoms with Crippen LogP contribution in [0.2, 0.25) is 0 Å². The summed E-state index contributed by atoms with van der Waals surface area (Å²) < 4.78 is 0. The van der Waals surface area contributed by atoms with Crippen LogP contribution in [-0.4, -0.2) is 23.2 Å². The molecule has 30 heavy (non-hydrogen) atoms. The van der Waals surface area contributed by atoms with Crippen LogP contribution in [0.4, 0.5) is 0 Å². The summed E-state index contributed by atoms with van der Waals surface area (Å²) >= 11 is 1.86. The van der Waals surface area contributed by atoms with Crippen molar-refractivity contribution >= 4 is 28.5 Å². The first-order valence-electron chi connectivity index (χ1n) is 10.7. The Balaban J connectivity index is 2.14. The van der Waals surface area contributed by atoms with Gasteiger partial charge in [-0.05, 0) is 73.3 Å². The molecule has 1 aromatic carbocycles. The van der Waals surface area contributed by atoms with Crippen LogP contribution in [-0.2, 0) is 0 Å². The minimum absolute atomic E-state index is 0.0171. The number of nitrogens with zero attached hydrogens (tertiary/aromatic N) is 3. The molecule has 158 valence electrons. The zero-order chi connectivity index (χ0) is 21.8. The van der Waals surface area contributed by atoms with Crippen LogP contribution in [0.25, 0.3) is 0 Å². The maximum absolute atomic E-state index is 5.34. The normalized spacial score (nSPS) is 15.2. The zero-order valence-corrected chi connectivity index (χ0v) is 20.2. The summed E-state index contributed by atoms with van der Waals surface area (Å²) in [6, 6.07) is 8.70. The standard InChI is InChI=1S/C26H33N3S/c1-16(2)28-29-19(5)24(15-12-22-10-11-22)27-26(23-13-8-17(3)9-14-23)25-18(4)20(6)30-21(25)7/h8-9,12-14,24H,10-11,15H2,1-7H3/b27-26?,29-19+. The van der Waals surface area contributed by atoms with Gasteiger partial charge in [-0.25, -0.2) is 0 Å². The van der Waals surface area contributed by atoms with Crippen molar-refractivity contribution in [2.24, 2.45) is 15.2 Å². The molecule has 0 saturated heterocycles. The Morgan fingerprint density at radius 3 is 2.17 bits per heavy atom. The zero-order valence-electron chi connectivity index (χ0n) is 19.3. The van der Waals surface area contributed by atoms with Crippen LogP contribution in [0.5, 0.6) is 0 Å². The lowest BCUT2D eigenvalue weighted by Crippen LogP contribution is -2.19. The Morgan fingerprint density at radius 1 is 0.967 bits per heavy atom. The molecular formula is C26H33N3S. The monoisotopic (exact) mass is 419 g/mol. The second kappa shape index (κ2) is 9.65. The second-order valence-electron chi connectivity index (χ2n) is 8.46. The van der Waals surface area contributed by atoms with Crippen molar-refractivity contribution < 1.29 is 0 Å². The van der Waals surface area contributed by atoms with Crippen molar-refractivity contribution in [3.05, 3.63) is 67.9 Å². The number of rotatable bonds is 7. The van der Waals surface area contributed by atoms with Gasteiger partial charge in [0.2, 0.25) is 0 Å². The van der Waals surface area contributed by atoms with Gasteiger partial charge < -0.3 is 0 Å². The summed E-state index contributed by atoms with van der Waals surface area (Å²) in [7, 11) is 0. The molecule has 1 fully saturated rings. The van der Waals surface area contributed by atoms with E-state index < -0.39 is 0 Å². The SMILES string of the molecule is CC(C)=N/N=C(\C)C(CC=C1CC1)N=C(c1ccc(C)cc1)c1c(C)sc(C)c1C. The molecule has 1 saturated carbocycles. The van der Waals surface area contributed by atoms with Gasteiger partial charge in [0.1, 0.15) is 0 Å². The lowest BCUT2D eigenvalue weighted by atomic mass is 9.97. The minimum Gasteiger partial charge on any atom is -0.274 e. The van der Waals surface area contributed by atoms with E-state index in [1.165, 1.54) is 44.9 Å². The second-order valence-corrected chi connectivity index (χ2v) is 9.89.